The van der Waals surface area contributed by atoms with Crippen LogP contribution in [0.15, 0.2) is 11.8 Å². The molecule has 0 spiro atoms. The summed E-state index contributed by atoms with van der Waals surface area (Å²) in [6, 6.07) is 0. The second-order valence-corrected chi connectivity index (χ2v) is 2.74. The van der Waals surface area contributed by atoms with Gasteiger partial charge in [0, 0.05) is 12.5 Å². The van der Waals surface area contributed by atoms with Gasteiger partial charge in [0.25, 0.3) is 0 Å². The van der Waals surface area contributed by atoms with Gasteiger partial charge in [-0.3, -0.25) is 4.79 Å². The van der Waals surface area contributed by atoms with E-state index in [9.17, 15) is 4.79 Å². The Bertz CT molecular complexity index is 157. The lowest BCUT2D eigenvalue weighted by Gasteiger charge is -2.08. The summed E-state index contributed by atoms with van der Waals surface area (Å²) in [6.45, 7) is 7.51. The van der Waals surface area contributed by atoms with Crippen LogP contribution < -0.4 is 0 Å². The number of allylic oxidation sites excluding steroid dienone is 2. The fourth-order valence-corrected chi connectivity index (χ4v) is 0.735. The molecule has 0 unspecified atom stereocenters. The Morgan fingerprint density at radius 2 is 2.09 bits per heavy atom. The molecule has 0 aliphatic carbocycles. The van der Waals surface area contributed by atoms with E-state index in [4.69, 9.17) is 4.74 Å². The molecular formula is C9H16O2. The van der Waals surface area contributed by atoms with E-state index < -0.39 is 0 Å². The summed E-state index contributed by atoms with van der Waals surface area (Å²) in [4.78, 5) is 10.8. The molecule has 64 valence electrons. The Morgan fingerprint density at radius 3 is 2.45 bits per heavy atom. The maximum absolute atomic E-state index is 10.8. The van der Waals surface area contributed by atoms with E-state index in [0.717, 1.165) is 0 Å². The highest BCUT2D eigenvalue weighted by Gasteiger charge is 1.97. The zero-order valence-electron chi connectivity index (χ0n) is 7.68. The first-order valence-electron chi connectivity index (χ1n) is 3.94. The third-order valence-electron chi connectivity index (χ3n) is 1.13. The lowest BCUT2D eigenvalue weighted by atomic mass is 10.3. The van der Waals surface area contributed by atoms with Gasteiger partial charge in [-0.15, -0.1) is 0 Å². The Kier molecular flexibility index (Phi) is 4.59. The number of rotatable bonds is 4. The van der Waals surface area contributed by atoms with E-state index in [1.807, 2.05) is 20.8 Å². The molecule has 0 N–H and O–H groups in total. The molecule has 0 aromatic rings. The van der Waals surface area contributed by atoms with Gasteiger partial charge in [0.15, 0.2) is 5.78 Å². The van der Waals surface area contributed by atoms with E-state index in [1.54, 1.807) is 13.0 Å². The van der Waals surface area contributed by atoms with Gasteiger partial charge in [-0.05, 0) is 20.8 Å². The van der Waals surface area contributed by atoms with Crippen molar-refractivity contribution in [2.24, 2.45) is 0 Å². The van der Waals surface area contributed by atoms with Crippen LogP contribution in [0, 0.1) is 0 Å². The lowest BCUT2D eigenvalue weighted by Crippen LogP contribution is -2.01. The normalized spacial score (nSPS) is 11.9. The molecule has 0 bridgehead atoms. The van der Waals surface area contributed by atoms with Crippen molar-refractivity contribution in [3.63, 3.8) is 0 Å². The second kappa shape index (κ2) is 4.94. The highest BCUT2D eigenvalue weighted by molar-refractivity contribution is 5.89. The predicted octanol–water partition coefficient (Wildman–Crippen LogP) is 2.29. The van der Waals surface area contributed by atoms with Gasteiger partial charge in [0.1, 0.15) is 0 Å². The van der Waals surface area contributed by atoms with Crippen molar-refractivity contribution in [1.29, 1.82) is 0 Å². The molecule has 0 aliphatic heterocycles. The van der Waals surface area contributed by atoms with Crippen LogP contribution in [-0.4, -0.2) is 11.9 Å². The van der Waals surface area contributed by atoms with E-state index in [0.29, 0.717) is 12.2 Å². The molecule has 0 aliphatic rings. The molecule has 0 radical (unpaired) electrons. The molecule has 0 aromatic heterocycles. The minimum absolute atomic E-state index is 0.114. The number of ketones is 1. The van der Waals surface area contributed by atoms with E-state index in [1.165, 1.54) is 0 Å². The molecule has 0 heterocycles. The van der Waals surface area contributed by atoms with Gasteiger partial charge in [0.2, 0.25) is 0 Å². The number of ether oxygens (including phenoxy) is 1. The average Bonchev–Trinajstić information content (AvgIpc) is 1.85. The zero-order chi connectivity index (χ0) is 8.85. The van der Waals surface area contributed by atoms with Crippen LogP contribution in [0.25, 0.3) is 0 Å². The SMILES string of the molecule is CCC(=O)/C=C(/C)OC(C)C. The summed E-state index contributed by atoms with van der Waals surface area (Å²) in [5, 5.41) is 0. The van der Waals surface area contributed by atoms with E-state index in [2.05, 4.69) is 0 Å². The molecule has 11 heavy (non-hydrogen) atoms. The predicted molar refractivity (Wildman–Crippen MR) is 45.3 cm³/mol. The Hall–Kier alpha value is -0.790. The third kappa shape index (κ3) is 5.64. The van der Waals surface area contributed by atoms with Crippen molar-refractivity contribution in [1.82, 2.24) is 0 Å². The van der Waals surface area contributed by atoms with E-state index >= 15 is 0 Å². The molecule has 0 atom stereocenters. The summed E-state index contributed by atoms with van der Waals surface area (Å²) in [5.41, 5.74) is 0. The van der Waals surface area contributed by atoms with Gasteiger partial charge < -0.3 is 4.74 Å². The van der Waals surface area contributed by atoms with Gasteiger partial charge in [-0.25, -0.2) is 0 Å². The lowest BCUT2D eigenvalue weighted by molar-refractivity contribution is -0.114. The zero-order valence-corrected chi connectivity index (χ0v) is 7.68. The third-order valence-corrected chi connectivity index (χ3v) is 1.13. The average molecular weight is 156 g/mol. The maximum Gasteiger partial charge on any atom is 0.158 e. The molecule has 0 amide bonds. The highest BCUT2D eigenvalue weighted by Crippen LogP contribution is 2.01. The van der Waals surface area contributed by atoms with Crippen LogP contribution >= 0.6 is 0 Å². The van der Waals surface area contributed by atoms with Crippen LogP contribution in [-0.2, 0) is 9.53 Å². The second-order valence-electron chi connectivity index (χ2n) is 2.74. The molecule has 2 heteroatoms. The number of hydrogen-bond donors (Lipinski definition) is 0. The van der Waals surface area contributed by atoms with Gasteiger partial charge in [-0.1, -0.05) is 6.92 Å². The summed E-state index contributed by atoms with van der Waals surface area (Å²) in [6.07, 6.45) is 2.23. The first-order valence-corrected chi connectivity index (χ1v) is 3.94. The Labute approximate surface area is 68.2 Å². The van der Waals surface area contributed by atoms with Crippen molar-refractivity contribution >= 4 is 5.78 Å². The fraction of sp³-hybridized carbons (Fsp3) is 0.667. The summed E-state index contributed by atoms with van der Waals surface area (Å²) in [7, 11) is 0. The van der Waals surface area contributed by atoms with Crippen LogP contribution in [0.3, 0.4) is 0 Å². The van der Waals surface area contributed by atoms with Gasteiger partial charge in [0.05, 0.1) is 11.9 Å². The molecule has 0 fully saturated rings. The van der Waals surface area contributed by atoms with Crippen molar-refractivity contribution < 1.29 is 9.53 Å². The Morgan fingerprint density at radius 1 is 1.55 bits per heavy atom. The fourth-order valence-electron chi connectivity index (χ4n) is 0.735. The van der Waals surface area contributed by atoms with Crippen LogP contribution in [0.4, 0.5) is 0 Å². The summed E-state index contributed by atoms with van der Waals surface area (Å²) < 4.78 is 5.26. The quantitative estimate of drug-likeness (QED) is 0.461. The minimum atomic E-state index is 0.114. The van der Waals surface area contributed by atoms with Gasteiger partial charge in [-0.2, -0.15) is 0 Å². The topological polar surface area (TPSA) is 26.3 Å². The molecular weight excluding hydrogens is 140 g/mol. The highest BCUT2D eigenvalue weighted by atomic mass is 16.5. The van der Waals surface area contributed by atoms with Crippen LogP contribution in [0.2, 0.25) is 0 Å². The molecule has 0 aromatic carbocycles. The summed E-state index contributed by atoms with van der Waals surface area (Å²) in [5.74, 6) is 0.815. The van der Waals surface area contributed by atoms with Crippen LogP contribution in [0.5, 0.6) is 0 Å². The minimum Gasteiger partial charge on any atom is -0.496 e. The monoisotopic (exact) mass is 156 g/mol. The van der Waals surface area contributed by atoms with Crippen LogP contribution in [0.1, 0.15) is 34.1 Å². The smallest absolute Gasteiger partial charge is 0.158 e. The molecule has 0 saturated heterocycles. The van der Waals surface area contributed by atoms with Crippen molar-refractivity contribution in [3.05, 3.63) is 11.8 Å². The van der Waals surface area contributed by atoms with E-state index in [-0.39, 0.29) is 11.9 Å². The number of carbonyl (C=O) groups excluding carboxylic acids is 1. The molecule has 0 rings (SSSR count). The first-order chi connectivity index (χ1) is 5.06. The van der Waals surface area contributed by atoms with Crippen molar-refractivity contribution in [3.8, 4) is 0 Å². The standard InChI is InChI=1S/C9H16O2/c1-5-9(10)6-8(4)11-7(2)3/h6-7H,5H2,1-4H3/b8-6-. The number of carbonyl (C=O) groups is 1. The van der Waals surface area contributed by atoms with Crippen molar-refractivity contribution in [2.75, 3.05) is 0 Å². The Balaban J connectivity index is 3.90. The maximum atomic E-state index is 10.8. The first kappa shape index (κ1) is 10.2. The van der Waals surface area contributed by atoms with Gasteiger partial charge >= 0.3 is 0 Å². The molecule has 2 nitrogen and oxygen atoms in total. The molecule has 0 saturated carbocycles. The summed E-state index contributed by atoms with van der Waals surface area (Å²) >= 11 is 0. The number of hydrogen-bond acceptors (Lipinski definition) is 2. The largest absolute Gasteiger partial charge is 0.496 e. The van der Waals surface area contributed by atoms with Crippen molar-refractivity contribution in [2.45, 2.75) is 40.2 Å².